The van der Waals surface area contributed by atoms with E-state index < -0.39 is 18.0 Å². The van der Waals surface area contributed by atoms with Gasteiger partial charge in [-0.1, -0.05) is 0 Å². The zero-order chi connectivity index (χ0) is 16.4. The zero-order valence-electron chi connectivity index (χ0n) is 12.0. The first-order chi connectivity index (χ1) is 11.0. The number of amides is 1. The molecule has 0 saturated heterocycles. The van der Waals surface area contributed by atoms with Crippen LogP contribution in [0.15, 0.2) is 39.4 Å². The molecule has 1 unspecified atom stereocenters. The number of carbonyl (C=O) groups excluding carboxylic acids is 2. The monoisotopic (exact) mass is 381 g/mol. The molecule has 7 nitrogen and oxygen atoms in total. The van der Waals surface area contributed by atoms with Gasteiger partial charge >= 0.3 is 5.97 Å². The highest BCUT2D eigenvalue weighted by Crippen LogP contribution is 2.34. The van der Waals surface area contributed by atoms with Crippen LogP contribution in [0.4, 0.5) is 5.69 Å². The number of anilines is 1. The third-order valence-electron chi connectivity index (χ3n) is 3.07. The summed E-state index contributed by atoms with van der Waals surface area (Å²) in [4.78, 5) is 23.9. The molecule has 3 rings (SSSR count). The molecule has 0 aliphatic carbocycles. The van der Waals surface area contributed by atoms with Gasteiger partial charge in [0.1, 0.15) is 0 Å². The summed E-state index contributed by atoms with van der Waals surface area (Å²) >= 11 is 3.09. The number of nitrogens with one attached hydrogen (secondary N) is 1. The average Bonchev–Trinajstić information content (AvgIpc) is 3.15. The van der Waals surface area contributed by atoms with E-state index in [-0.39, 0.29) is 12.6 Å². The Bertz CT molecular complexity index is 756. The number of hydrogen-bond acceptors (Lipinski definition) is 6. The lowest BCUT2D eigenvalue weighted by Gasteiger charge is -2.13. The number of esters is 1. The molecule has 1 aliphatic rings. The maximum Gasteiger partial charge on any atom is 0.375 e. The van der Waals surface area contributed by atoms with E-state index >= 15 is 0 Å². The van der Waals surface area contributed by atoms with Crippen molar-refractivity contribution in [1.82, 2.24) is 0 Å². The first kappa shape index (κ1) is 15.4. The molecule has 0 bridgehead atoms. The summed E-state index contributed by atoms with van der Waals surface area (Å²) < 4.78 is 21.0. The summed E-state index contributed by atoms with van der Waals surface area (Å²) in [6.45, 7) is 1.62. The molecular formula is C15H12BrNO6. The SMILES string of the molecule is CC(OC(=O)c1ccc(Br)o1)C(=O)Nc1ccc2c(c1)OCO2. The minimum absolute atomic E-state index is 0.0135. The lowest BCUT2D eigenvalue weighted by molar-refractivity contribution is -0.123. The van der Waals surface area contributed by atoms with E-state index in [1.165, 1.54) is 13.0 Å². The van der Waals surface area contributed by atoms with Crippen molar-refractivity contribution < 1.29 is 28.2 Å². The molecule has 0 fully saturated rings. The number of benzene rings is 1. The highest BCUT2D eigenvalue weighted by Gasteiger charge is 2.22. The molecular weight excluding hydrogens is 370 g/mol. The van der Waals surface area contributed by atoms with E-state index in [0.717, 1.165) is 0 Å². The van der Waals surface area contributed by atoms with Crippen molar-refractivity contribution in [3.8, 4) is 11.5 Å². The number of halogens is 1. The van der Waals surface area contributed by atoms with Crippen LogP contribution in [0, 0.1) is 0 Å². The minimum atomic E-state index is -0.989. The zero-order valence-corrected chi connectivity index (χ0v) is 13.6. The number of hydrogen-bond donors (Lipinski definition) is 1. The van der Waals surface area contributed by atoms with Crippen LogP contribution in [-0.4, -0.2) is 24.8 Å². The van der Waals surface area contributed by atoms with Crippen LogP contribution in [0.5, 0.6) is 11.5 Å². The molecule has 120 valence electrons. The van der Waals surface area contributed by atoms with Crippen molar-refractivity contribution in [2.24, 2.45) is 0 Å². The molecule has 1 atom stereocenters. The summed E-state index contributed by atoms with van der Waals surface area (Å²) in [5.74, 6) is -0.00904. The van der Waals surface area contributed by atoms with Crippen molar-refractivity contribution >= 4 is 33.5 Å². The molecule has 1 aromatic carbocycles. The van der Waals surface area contributed by atoms with Crippen molar-refractivity contribution in [3.63, 3.8) is 0 Å². The predicted octanol–water partition coefficient (Wildman–Crippen LogP) is 2.95. The summed E-state index contributed by atoms with van der Waals surface area (Å²) in [6.07, 6.45) is -0.989. The average molecular weight is 382 g/mol. The first-order valence-corrected chi connectivity index (χ1v) is 7.49. The molecule has 23 heavy (non-hydrogen) atoms. The lowest BCUT2D eigenvalue weighted by atomic mass is 10.2. The van der Waals surface area contributed by atoms with Gasteiger partial charge in [0, 0.05) is 11.8 Å². The molecule has 0 saturated carbocycles. The molecule has 8 heteroatoms. The second kappa shape index (κ2) is 6.33. The second-order valence-corrected chi connectivity index (χ2v) is 5.49. The fourth-order valence-electron chi connectivity index (χ4n) is 1.91. The Hall–Kier alpha value is -2.48. The second-order valence-electron chi connectivity index (χ2n) is 4.71. The van der Waals surface area contributed by atoms with E-state index in [1.54, 1.807) is 24.3 Å². The van der Waals surface area contributed by atoms with Crippen LogP contribution in [0.25, 0.3) is 0 Å². The van der Waals surface area contributed by atoms with Gasteiger partial charge in [-0.25, -0.2) is 4.79 Å². The van der Waals surface area contributed by atoms with Gasteiger partial charge in [-0.05, 0) is 47.1 Å². The van der Waals surface area contributed by atoms with Crippen LogP contribution >= 0.6 is 15.9 Å². The van der Waals surface area contributed by atoms with Gasteiger partial charge in [-0.3, -0.25) is 4.79 Å². The Morgan fingerprint density at radius 1 is 1.22 bits per heavy atom. The van der Waals surface area contributed by atoms with Crippen LogP contribution in [0.2, 0.25) is 0 Å². The van der Waals surface area contributed by atoms with Crippen molar-refractivity contribution in [1.29, 1.82) is 0 Å². The molecule has 1 aliphatic heterocycles. The summed E-state index contributed by atoms with van der Waals surface area (Å²) in [5.41, 5.74) is 0.517. The van der Waals surface area contributed by atoms with Crippen LogP contribution in [-0.2, 0) is 9.53 Å². The maximum atomic E-state index is 12.1. The van der Waals surface area contributed by atoms with Gasteiger partial charge in [0.15, 0.2) is 22.3 Å². The molecule has 1 N–H and O–H groups in total. The Kier molecular flexibility index (Phi) is 4.24. The van der Waals surface area contributed by atoms with Gasteiger partial charge in [0.25, 0.3) is 5.91 Å². The lowest BCUT2D eigenvalue weighted by Crippen LogP contribution is -2.29. The minimum Gasteiger partial charge on any atom is -0.454 e. The van der Waals surface area contributed by atoms with Crippen molar-refractivity contribution in [3.05, 3.63) is 40.8 Å². The molecule has 1 amide bonds. The number of furan rings is 1. The topological polar surface area (TPSA) is 87.0 Å². The van der Waals surface area contributed by atoms with E-state index in [2.05, 4.69) is 21.2 Å². The first-order valence-electron chi connectivity index (χ1n) is 6.70. The van der Waals surface area contributed by atoms with Gasteiger partial charge in [0.05, 0.1) is 0 Å². The van der Waals surface area contributed by atoms with Gasteiger partial charge < -0.3 is 23.9 Å². The molecule has 0 spiro atoms. The smallest absolute Gasteiger partial charge is 0.375 e. The fraction of sp³-hybridized carbons (Fsp3) is 0.200. The Morgan fingerprint density at radius 3 is 2.74 bits per heavy atom. The number of carbonyl (C=O) groups is 2. The number of ether oxygens (including phenoxy) is 3. The third-order valence-corrected chi connectivity index (χ3v) is 3.49. The summed E-state index contributed by atoms with van der Waals surface area (Å²) in [5, 5.41) is 2.64. The summed E-state index contributed by atoms with van der Waals surface area (Å²) in [7, 11) is 0. The summed E-state index contributed by atoms with van der Waals surface area (Å²) in [6, 6.07) is 8.01. The Balaban J connectivity index is 1.60. The predicted molar refractivity (Wildman–Crippen MR) is 82.5 cm³/mol. The molecule has 1 aromatic heterocycles. The number of rotatable bonds is 4. The normalized spacial score (nSPS) is 13.5. The number of fused-ring (bicyclic) bond motifs is 1. The standard InChI is InChI=1S/C15H12BrNO6/c1-8(22-15(19)11-4-5-13(16)23-11)14(18)17-9-2-3-10-12(6-9)21-7-20-10/h2-6,8H,7H2,1H3,(H,17,18). The van der Waals surface area contributed by atoms with Gasteiger partial charge in [-0.15, -0.1) is 0 Å². The highest BCUT2D eigenvalue weighted by atomic mass is 79.9. The Morgan fingerprint density at radius 2 is 2.00 bits per heavy atom. The van der Waals surface area contributed by atoms with E-state index in [1.807, 2.05) is 0 Å². The van der Waals surface area contributed by atoms with E-state index in [4.69, 9.17) is 18.6 Å². The van der Waals surface area contributed by atoms with E-state index in [9.17, 15) is 9.59 Å². The van der Waals surface area contributed by atoms with Crippen LogP contribution in [0.3, 0.4) is 0 Å². The van der Waals surface area contributed by atoms with Crippen LogP contribution in [0.1, 0.15) is 17.5 Å². The van der Waals surface area contributed by atoms with Crippen molar-refractivity contribution in [2.75, 3.05) is 12.1 Å². The fourth-order valence-corrected chi connectivity index (χ4v) is 2.22. The molecule has 2 aromatic rings. The highest BCUT2D eigenvalue weighted by molar-refractivity contribution is 9.10. The maximum absolute atomic E-state index is 12.1. The quantitative estimate of drug-likeness (QED) is 0.819. The van der Waals surface area contributed by atoms with Gasteiger partial charge in [0.2, 0.25) is 12.6 Å². The van der Waals surface area contributed by atoms with Crippen LogP contribution < -0.4 is 14.8 Å². The molecule has 2 heterocycles. The Labute approximate surface area is 139 Å². The third kappa shape index (κ3) is 3.48. The largest absolute Gasteiger partial charge is 0.454 e. The van der Waals surface area contributed by atoms with Gasteiger partial charge in [-0.2, -0.15) is 0 Å². The van der Waals surface area contributed by atoms with Crippen molar-refractivity contribution in [2.45, 2.75) is 13.0 Å². The molecule has 0 radical (unpaired) electrons. The van der Waals surface area contributed by atoms with E-state index in [0.29, 0.717) is 21.9 Å².